The minimum absolute atomic E-state index is 0.0137. The smallest absolute Gasteiger partial charge is 0.255 e. The van der Waals surface area contributed by atoms with Crippen LogP contribution in [0.1, 0.15) is 10.4 Å². The molecule has 0 aliphatic carbocycles. The predicted octanol–water partition coefficient (Wildman–Crippen LogP) is 2.69. The molecule has 0 bridgehead atoms. The molecule has 5 nitrogen and oxygen atoms in total. The number of rotatable bonds is 3. The molecule has 0 aromatic heterocycles. The molecule has 0 heterocycles. The largest absolute Gasteiger partial charge is 0.399 e. The second kappa shape index (κ2) is 5.87. The summed E-state index contributed by atoms with van der Waals surface area (Å²) in [5.74, 6) is -0.431. The van der Waals surface area contributed by atoms with Gasteiger partial charge in [-0.1, -0.05) is 12.1 Å². The number of benzene rings is 2. The maximum absolute atomic E-state index is 12.2. The number of halogens is 1. The molecule has 7 heteroatoms. The number of nitrogens with one attached hydrogen (secondary N) is 1. The molecule has 0 unspecified atom stereocenters. The summed E-state index contributed by atoms with van der Waals surface area (Å²) in [7, 11) is -3.43. The summed E-state index contributed by atoms with van der Waals surface area (Å²) in [6.07, 6.45) is 1.07. The lowest BCUT2D eigenvalue weighted by molar-refractivity contribution is 0.102. The van der Waals surface area contributed by atoms with E-state index in [0.717, 1.165) is 10.7 Å². The van der Waals surface area contributed by atoms with E-state index < -0.39 is 15.7 Å². The van der Waals surface area contributed by atoms with E-state index in [1.165, 1.54) is 18.2 Å². The van der Waals surface area contributed by atoms with Gasteiger partial charge in [0.1, 0.15) is 0 Å². The lowest BCUT2D eigenvalue weighted by atomic mass is 10.2. The SMILES string of the molecule is CS(=O)(=O)c1cc(N)cc(C(=O)Nc2ccccc2Br)c1. The van der Waals surface area contributed by atoms with E-state index in [1.54, 1.807) is 18.2 Å². The number of hydrogen-bond acceptors (Lipinski definition) is 4. The number of carbonyl (C=O) groups excluding carboxylic acids is 1. The van der Waals surface area contributed by atoms with Gasteiger partial charge in [-0.2, -0.15) is 0 Å². The lowest BCUT2D eigenvalue weighted by Gasteiger charge is -2.09. The summed E-state index contributed by atoms with van der Waals surface area (Å²) < 4.78 is 23.9. The van der Waals surface area contributed by atoms with E-state index in [-0.39, 0.29) is 16.1 Å². The molecule has 1 amide bonds. The Labute approximate surface area is 131 Å². The Balaban J connectivity index is 2.36. The monoisotopic (exact) mass is 368 g/mol. The summed E-state index contributed by atoms with van der Waals surface area (Å²) in [6.45, 7) is 0. The average molecular weight is 369 g/mol. The number of para-hydroxylation sites is 1. The van der Waals surface area contributed by atoms with Gasteiger partial charge in [-0.15, -0.1) is 0 Å². The third kappa shape index (κ3) is 3.83. The second-order valence-corrected chi connectivity index (χ2v) is 7.37. The highest BCUT2D eigenvalue weighted by atomic mass is 79.9. The van der Waals surface area contributed by atoms with E-state index in [9.17, 15) is 13.2 Å². The molecule has 0 atom stereocenters. The van der Waals surface area contributed by atoms with Crippen LogP contribution in [-0.4, -0.2) is 20.6 Å². The van der Waals surface area contributed by atoms with Crippen LogP contribution in [0.2, 0.25) is 0 Å². The standard InChI is InChI=1S/C14H13BrN2O3S/c1-21(19,20)11-7-9(6-10(16)8-11)14(18)17-13-5-3-2-4-12(13)15/h2-8H,16H2,1H3,(H,17,18). The molecule has 0 fully saturated rings. The topological polar surface area (TPSA) is 89.3 Å². The molecule has 0 spiro atoms. The summed E-state index contributed by atoms with van der Waals surface area (Å²) in [5.41, 5.74) is 6.66. The maximum Gasteiger partial charge on any atom is 0.255 e. The van der Waals surface area contributed by atoms with Crippen molar-refractivity contribution in [1.82, 2.24) is 0 Å². The zero-order chi connectivity index (χ0) is 15.6. The highest BCUT2D eigenvalue weighted by Crippen LogP contribution is 2.23. The highest BCUT2D eigenvalue weighted by molar-refractivity contribution is 9.10. The van der Waals surface area contributed by atoms with Crippen molar-refractivity contribution in [3.8, 4) is 0 Å². The van der Waals surface area contributed by atoms with Gasteiger partial charge >= 0.3 is 0 Å². The van der Waals surface area contributed by atoms with Crippen LogP contribution in [-0.2, 0) is 9.84 Å². The Morgan fingerprint density at radius 2 is 1.86 bits per heavy atom. The summed E-state index contributed by atoms with van der Waals surface area (Å²) in [6, 6.07) is 11.2. The van der Waals surface area contributed by atoms with Crippen molar-refractivity contribution in [1.29, 1.82) is 0 Å². The van der Waals surface area contributed by atoms with E-state index >= 15 is 0 Å². The Morgan fingerprint density at radius 1 is 1.19 bits per heavy atom. The second-order valence-electron chi connectivity index (χ2n) is 4.50. The van der Waals surface area contributed by atoms with Crippen LogP contribution in [0, 0.1) is 0 Å². The fourth-order valence-electron chi connectivity index (χ4n) is 1.72. The Bertz CT molecular complexity index is 804. The van der Waals surface area contributed by atoms with Crippen molar-refractivity contribution in [3.05, 3.63) is 52.5 Å². The van der Waals surface area contributed by atoms with Crippen LogP contribution >= 0.6 is 15.9 Å². The molecular weight excluding hydrogens is 356 g/mol. The number of amides is 1. The van der Waals surface area contributed by atoms with Gasteiger partial charge in [0, 0.05) is 22.0 Å². The minimum atomic E-state index is -3.43. The van der Waals surface area contributed by atoms with Gasteiger partial charge < -0.3 is 11.1 Å². The number of hydrogen-bond donors (Lipinski definition) is 2. The van der Waals surface area contributed by atoms with Gasteiger partial charge in [0.15, 0.2) is 9.84 Å². The Hall–Kier alpha value is -1.86. The average Bonchev–Trinajstić information content (AvgIpc) is 2.39. The van der Waals surface area contributed by atoms with Gasteiger partial charge in [0.05, 0.1) is 10.6 Å². The van der Waals surface area contributed by atoms with Gasteiger partial charge in [-0.25, -0.2) is 8.42 Å². The molecular formula is C14H13BrN2O3S. The number of anilines is 2. The summed E-state index contributed by atoms with van der Waals surface area (Å²) in [5, 5.41) is 2.70. The Morgan fingerprint density at radius 3 is 2.48 bits per heavy atom. The molecule has 0 saturated carbocycles. The van der Waals surface area contributed by atoms with Crippen molar-refractivity contribution < 1.29 is 13.2 Å². The van der Waals surface area contributed by atoms with Crippen molar-refractivity contribution in [2.24, 2.45) is 0 Å². The maximum atomic E-state index is 12.2. The first kappa shape index (κ1) is 15.5. The van der Waals surface area contributed by atoms with Gasteiger partial charge in [-0.05, 0) is 46.3 Å². The van der Waals surface area contributed by atoms with Crippen LogP contribution < -0.4 is 11.1 Å². The molecule has 110 valence electrons. The zero-order valence-corrected chi connectivity index (χ0v) is 13.5. The molecule has 0 radical (unpaired) electrons. The van der Waals surface area contributed by atoms with Crippen LogP contribution in [0.25, 0.3) is 0 Å². The highest BCUT2D eigenvalue weighted by Gasteiger charge is 2.14. The van der Waals surface area contributed by atoms with Crippen molar-refractivity contribution in [3.63, 3.8) is 0 Å². The first-order valence-electron chi connectivity index (χ1n) is 5.94. The third-order valence-electron chi connectivity index (χ3n) is 2.74. The van der Waals surface area contributed by atoms with Crippen LogP contribution in [0.15, 0.2) is 51.8 Å². The number of carbonyl (C=O) groups is 1. The first-order valence-corrected chi connectivity index (χ1v) is 8.62. The third-order valence-corrected chi connectivity index (χ3v) is 4.52. The van der Waals surface area contributed by atoms with Crippen LogP contribution in [0.4, 0.5) is 11.4 Å². The number of nitrogen functional groups attached to an aromatic ring is 1. The molecule has 3 N–H and O–H groups in total. The van der Waals surface area contributed by atoms with E-state index in [4.69, 9.17) is 5.73 Å². The number of sulfone groups is 1. The summed E-state index contributed by atoms with van der Waals surface area (Å²) >= 11 is 3.32. The van der Waals surface area contributed by atoms with Crippen molar-refractivity contribution in [2.75, 3.05) is 17.3 Å². The van der Waals surface area contributed by atoms with E-state index in [0.29, 0.717) is 5.69 Å². The van der Waals surface area contributed by atoms with E-state index in [2.05, 4.69) is 21.2 Å². The van der Waals surface area contributed by atoms with Crippen molar-refractivity contribution in [2.45, 2.75) is 4.90 Å². The predicted molar refractivity (Wildman–Crippen MR) is 86.1 cm³/mol. The Kier molecular flexibility index (Phi) is 4.34. The molecule has 0 saturated heterocycles. The number of nitrogens with two attached hydrogens (primary N) is 1. The first-order chi connectivity index (χ1) is 9.77. The van der Waals surface area contributed by atoms with Gasteiger partial charge in [0.2, 0.25) is 0 Å². The molecule has 2 rings (SSSR count). The van der Waals surface area contributed by atoms with Gasteiger partial charge in [-0.3, -0.25) is 4.79 Å². The van der Waals surface area contributed by atoms with Crippen molar-refractivity contribution >= 4 is 43.0 Å². The fraction of sp³-hybridized carbons (Fsp3) is 0.0714. The minimum Gasteiger partial charge on any atom is -0.399 e. The summed E-state index contributed by atoms with van der Waals surface area (Å²) in [4.78, 5) is 12.2. The van der Waals surface area contributed by atoms with Crippen LogP contribution in [0.5, 0.6) is 0 Å². The lowest BCUT2D eigenvalue weighted by Crippen LogP contribution is -2.13. The van der Waals surface area contributed by atoms with E-state index in [1.807, 2.05) is 6.07 Å². The zero-order valence-electron chi connectivity index (χ0n) is 11.1. The van der Waals surface area contributed by atoms with Crippen LogP contribution in [0.3, 0.4) is 0 Å². The molecule has 0 aliphatic rings. The molecule has 2 aromatic carbocycles. The molecule has 21 heavy (non-hydrogen) atoms. The van der Waals surface area contributed by atoms with Gasteiger partial charge in [0.25, 0.3) is 5.91 Å². The molecule has 0 aliphatic heterocycles. The molecule has 2 aromatic rings. The normalized spacial score (nSPS) is 11.1. The fourth-order valence-corrected chi connectivity index (χ4v) is 2.80. The quantitative estimate of drug-likeness (QED) is 0.815.